The number of likely N-dealkylation sites (N-methyl/N-ethyl adjacent to an activating group) is 2. The molecule has 0 aromatic rings. The van der Waals surface area contributed by atoms with Gasteiger partial charge in [-0.25, -0.2) is 0 Å². The first kappa shape index (κ1) is 15.9. The standard InChI is InChI=1S/C14H32N4/c1-6-14(15-3)13(2)18-11-9-17(10-12-18)8-7-16(4)5/h13-15H,6-12H2,1-5H3. The monoisotopic (exact) mass is 256 g/mol. The zero-order valence-corrected chi connectivity index (χ0v) is 12.9. The van der Waals surface area contributed by atoms with Crippen molar-refractivity contribution in [3.8, 4) is 0 Å². The summed E-state index contributed by atoms with van der Waals surface area (Å²) in [5.41, 5.74) is 0. The van der Waals surface area contributed by atoms with Crippen LogP contribution in [0.5, 0.6) is 0 Å². The molecule has 0 saturated carbocycles. The van der Waals surface area contributed by atoms with Crippen molar-refractivity contribution in [3.63, 3.8) is 0 Å². The molecule has 0 aromatic carbocycles. The maximum atomic E-state index is 3.44. The summed E-state index contributed by atoms with van der Waals surface area (Å²) in [6, 6.07) is 1.27. The van der Waals surface area contributed by atoms with Gasteiger partial charge >= 0.3 is 0 Å². The Labute approximate surface area is 113 Å². The molecule has 4 heteroatoms. The summed E-state index contributed by atoms with van der Waals surface area (Å²) in [6.07, 6.45) is 1.21. The molecule has 0 bridgehead atoms. The van der Waals surface area contributed by atoms with Crippen molar-refractivity contribution in [2.75, 3.05) is 60.4 Å². The highest BCUT2D eigenvalue weighted by atomic mass is 15.3. The molecule has 1 heterocycles. The van der Waals surface area contributed by atoms with Crippen LogP contribution in [0.25, 0.3) is 0 Å². The molecule has 4 nitrogen and oxygen atoms in total. The lowest BCUT2D eigenvalue weighted by atomic mass is 10.1. The highest BCUT2D eigenvalue weighted by molar-refractivity contribution is 4.83. The quantitative estimate of drug-likeness (QED) is 0.718. The summed E-state index contributed by atoms with van der Waals surface area (Å²) in [7, 11) is 6.38. The Kier molecular flexibility index (Phi) is 7.15. The minimum atomic E-state index is 0.623. The van der Waals surface area contributed by atoms with E-state index in [1.54, 1.807) is 0 Å². The molecule has 0 aromatic heterocycles. The molecule has 0 spiro atoms. The van der Waals surface area contributed by atoms with E-state index in [2.05, 4.69) is 55.0 Å². The maximum absolute atomic E-state index is 3.44. The largest absolute Gasteiger partial charge is 0.315 e. The molecule has 18 heavy (non-hydrogen) atoms. The molecule has 1 saturated heterocycles. The summed E-state index contributed by atoms with van der Waals surface area (Å²) in [5.74, 6) is 0. The van der Waals surface area contributed by atoms with E-state index in [9.17, 15) is 0 Å². The molecular weight excluding hydrogens is 224 g/mol. The van der Waals surface area contributed by atoms with Crippen LogP contribution in [0.1, 0.15) is 20.3 Å². The summed E-state index contributed by atoms with van der Waals surface area (Å²) >= 11 is 0. The Morgan fingerprint density at radius 3 is 2.22 bits per heavy atom. The molecule has 108 valence electrons. The smallest absolute Gasteiger partial charge is 0.0221 e. The average molecular weight is 256 g/mol. The van der Waals surface area contributed by atoms with Crippen LogP contribution in [-0.2, 0) is 0 Å². The van der Waals surface area contributed by atoms with Gasteiger partial charge in [-0.05, 0) is 34.5 Å². The Morgan fingerprint density at radius 2 is 1.78 bits per heavy atom. The minimum Gasteiger partial charge on any atom is -0.315 e. The number of nitrogens with zero attached hydrogens (tertiary/aromatic N) is 3. The van der Waals surface area contributed by atoms with Crippen LogP contribution in [0, 0.1) is 0 Å². The molecule has 1 fully saturated rings. The Morgan fingerprint density at radius 1 is 1.17 bits per heavy atom. The van der Waals surface area contributed by atoms with E-state index in [1.165, 1.54) is 45.7 Å². The van der Waals surface area contributed by atoms with Gasteiger partial charge in [0.05, 0.1) is 0 Å². The molecular formula is C14H32N4. The van der Waals surface area contributed by atoms with Crippen LogP contribution in [0.4, 0.5) is 0 Å². The van der Waals surface area contributed by atoms with E-state index >= 15 is 0 Å². The first-order valence-corrected chi connectivity index (χ1v) is 7.36. The lowest BCUT2D eigenvalue weighted by Crippen LogP contribution is -2.55. The van der Waals surface area contributed by atoms with Crippen molar-refractivity contribution in [2.45, 2.75) is 32.4 Å². The van der Waals surface area contributed by atoms with Gasteiger partial charge in [0.15, 0.2) is 0 Å². The summed E-state index contributed by atoms with van der Waals surface area (Å²) in [4.78, 5) is 7.49. The van der Waals surface area contributed by atoms with Crippen LogP contribution in [0.15, 0.2) is 0 Å². The number of hydrogen-bond donors (Lipinski definition) is 1. The lowest BCUT2D eigenvalue weighted by Gasteiger charge is -2.41. The van der Waals surface area contributed by atoms with Gasteiger partial charge in [-0.15, -0.1) is 0 Å². The zero-order chi connectivity index (χ0) is 13.5. The molecule has 0 radical (unpaired) electrons. The van der Waals surface area contributed by atoms with Crippen LogP contribution >= 0.6 is 0 Å². The highest BCUT2D eigenvalue weighted by Crippen LogP contribution is 2.11. The van der Waals surface area contributed by atoms with E-state index in [4.69, 9.17) is 0 Å². The number of rotatable bonds is 7. The van der Waals surface area contributed by atoms with E-state index < -0.39 is 0 Å². The van der Waals surface area contributed by atoms with Crippen molar-refractivity contribution in [1.82, 2.24) is 20.0 Å². The molecule has 0 amide bonds. The minimum absolute atomic E-state index is 0.623. The molecule has 1 N–H and O–H groups in total. The maximum Gasteiger partial charge on any atom is 0.0221 e. The molecule has 1 aliphatic heterocycles. The van der Waals surface area contributed by atoms with E-state index in [-0.39, 0.29) is 0 Å². The second kappa shape index (κ2) is 8.10. The number of hydrogen-bond acceptors (Lipinski definition) is 4. The van der Waals surface area contributed by atoms with Gasteiger partial charge in [0.1, 0.15) is 0 Å². The van der Waals surface area contributed by atoms with E-state index in [1.807, 2.05) is 0 Å². The van der Waals surface area contributed by atoms with Crippen molar-refractivity contribution in [2.24, 2.45) is 0 Å². The van der Waals surface area contributed by atoms with Gasteiger partial charge < -0.3 is 10.2 Å². The van der Waals surface area contributed by atoms with Crippen molar-refractivity contribution < 1.29 is 0 Å². The SMILES string of the molecule is CCC(NC)C(C)N1CCN(CCN(C)C)CC1. The van der Waals surface area contributed by atoms with Crippen LogP contribution in [0.3, 0.4) is 0 Å². The molecule has 2 unspecified atom stereocenters. The Hall–Kier alpha value is -0.160. The topological polar surface area (TPSA) is 21.8 Å². The zero-order valence-electron chi connectivity index (χ0n) is 12.9. The van der Waals surface area contributed by atoms with Gasteiger partial charge in [0, 0.05) is 51.4 Å². The van der Waals surface area contributed by atoms with Gasteiger partial charge in [0.25, 0.3) is 0 Å². The summed E-state index contributed by atoms with van der Waals surface area (Å²) in [5, 5.41) is 3.44. The first-order valence-electron chi connectivity index (χ1n) is 7.36. The third-order valence-electron chi connectivity index (χ3n) is 4.24. The van der Waals surface area contributed by atoms with Gasteiger partial charge in [-0.1, -0.05) is 6.92 Å². The van der Waals surface area contributed by atoms with Crippen LogP contribution in [-0.4, -0.2) is 87.2 Å². The Bertz CT molecular complexity index is 208. The summed E-state index contributed by atoms with van der Waals surface area (Å²) < 4.78 is 0. The van der Waals surface area contributed by atoms with Gasteiger partial charge in [-0.3, -0.25) is 9.80 Å². The predicted octanol–water partition coefficient (Wildman–Crippen LogP) is 0.552. The first-order chi connectivity index (χ1) is 8.58. The summed E-state index contributed by atoms with van der Waals surface area (Å²) in [6.45, 7) is 11.9. The van der Waals surface area contributed by atoms with Crippen molar-refractivity contribution in [3.05, 3.63) is 0 Å². The fraction of sp³-hybridized carbons (Fsp3) is 1.00. The highest BCUT2D eigenvalue weighted by Gasteiger charge is 2.24. The molecule has 0 aliphatic carbocycles. The predicted molar refractivity (Wildman–Crippen MR) is 79.2 cm³/mol. The third-order valence-corrected chi connectivity index (χ3v) is 4.24. The van der Waals surface area contributed by atoms with E-state index in [0.717, 1.165) is 0 Å². The van der Waals surface area contributed by atoms with Crippen molar-refractivity contribution in [1.29, 1.82) is 0 Å². The van der Waals surface area contributed by atoms with Gasteiger partial charge in [-0.2, -0.15) is 0 Å². The number of piperazine rings is 1. The molecule has 2 atom stereocenters. The molecule has 1 aliphatic rings. The van der Waals surface area contributed by atoms with E-state index in [0.29, 0.717) is 12.1 Å². The van der Waals surface area contributed by atoms with Crippen LogP contribution in [0.2, 0.25) is 0 Å². The fourth-order valence-corrected chi connectivity index (χ4v) is 2.78. The average Bonchev–Trinajstić information content (AvgIpc) is 2.38. The van der Waals surface area contributed by atoms with Crippen LogP contribution < -0.4 is 5.32 Å². The van der Waals surface area contributed by atoms with Gasteiger partial charge in [0.2, 0.25) is 0 Å². The number of nitrogens with one attached hydrogen (secondary N) is 1. The lowest BCUT2D eigenvalue weighted by molar-refractivity contribution is 0.0826. The third kappa shape index (κ3) is 4.84. The fourth-order valence-electron chi connectivity index (χ4n) is 2.78. The normalized spacial score (nSPS) is 22.3. The second-order valence-electron chi connectivity index (χ2n) is 5.72. The Balaban J connectivity index is 2.30. The molecule has 1 rings (SSSR count). The second-order valence-corrected chi connectivity index (χ2v) is 5.72. The van der Waals surface area contributed by atoms with Crippen molar-refractivity contribution >= 4 is 0 Å².